The van der Waals surface area contributed by atoms with Gasteiger partial charge < -0.3 is 9.84 Å². The molecular weight excluding hydrogens is 348 g/mol. The zero-order chi connectivity index (χ0) is 12.0. The molecule has 0 fully saturated rings. The van der Waals surface area contributed by atoms with E-state index in [1.54, 1.807) is 0 Å². The summed E-state index contributed by atoms with van der Waals surface area (Å²) in [6.45, 7) is 0. The van der Waals surface area contributed by atoms with Crippen LogP contribution in [0.15, 0.2) is 51.4 Å². The van der Waals surface area contributed by atoms with E-state index in [2.05, 4.69) is 31.9 Å². The summed E-state index contributed by atoms with van der Waals surface area (Å²) >= 11 is 6.97. The summed E-state index contributed by atoms with van der Waals surface area (Å²) in [7, 11) is 0. The zero-order valence-electron chi connectivity index (χ0n) is 8.81. The SMILES string of the molecule is OC1(c2ccccc2)C(Br)=C(Br)[C@H]2C=C[C@@H]1O2. The monoisotopic (exact) mass is 356 g/mol. The highest BCUT2D eigenvalue weighted by Crippen LogP contribution is 2.49. The van der Waals surface area contributed by atoms with Crippen LogP contribution in [0.25, 0.3) is 0 Å². The molecule has 0 amide bonds. The third-order valence-electron chi connectivity index (χ3n) is 3.17. The van der Waals surface area contributed by atoms with Crippen LogP contribution in [0.4, 0.5) is 0 Å². The largest absolute Gasteiger partial charge is 0.377 e. The van der Waals surface area contributed by atoms with Crippen molar-refractivity contribution in [2.75, 3.05) is 0 Å². The lowest BCUT2D eigenvalue weighted by Crippen LogP contribution is -2.43. The van der Waals surface area contributed by atoms with Gasteiger partial charge in [0.1, 0.15) is 12.2 Å². The van der Waals surface area contributed by atoms with Crippen molar-refractivity contribution in [1.29, 1.82) is 0 Å². The summed E-state index contributed by atoms with van der Waals surface area (Å²) in [4.78, 5) is 0. The van der Waals surface area contributed by atoms with Crippen LogP contribution in [0.2, 0.25) is 0 Å². The number of benzene rings is 1. The number of fused-ring (bicyclic) bond motifs is 2. The highest BCUT2D eigenvalue weighted by Gasteiger charge is 2.49. The summed E-state index contributed by atoms with van der Waals surface area (Å²) in [5, 5.41) is 11.0. The molecule has 3 rings (SSSR count). The second kappa shape index (κ2) is 4.05. The molecule has 2 aliphatic heterocycles. The average molecular weight is 358 g/mol. The van der Waals surface area contributed by atoms with Crippen LogP contribution in [0.1, 0.15) is 5.56 Å². The first-order valence-electron chi connectivity index (χ1n) is 5.31. The first-order chi connectivity index (χ1) is 8.14. The highest BCUT2D eigenvalue weighted by atomic mass is 79.9. The van der Waals surface area contributed by atoms with Gasteiger partial charge in [-0.15, -0.1) is 0 Å². The van der Waals surface area contributed by atoms with Gasteiger partial charge in [0, 0.05) is 8.96 Å². The van der Waals surface area contributed by atoms with E-state index in [0.717, 1.165) is 14.5 Å². The molecule has 0 aromatic heterocycles. The van der Waals surface area contributed by atoms with Gasteiger partial charge in [-0.1, -0.05) is 74.3 Å². The molecule has 17 heavy (non-hydrogen) atoms. The van der Waals surface area contributed by atoms with E-state index in [1.807, 2.05) is 42.5 Å². The predicted molar refractivity (Wildman–Crippen MR) is 73.0 cm³/mol. The molecule has 0 saturated heterocycles. The molecule has 1 unspecified atom stereocenters. The second-order valence-corrected chi connectivity index (χ2v) is 5.80. The van der Waals surface area contributed by atoms with Gasteiger partial charge in [0.2, 0.25) is 0 Å². The minimum Gasteiger partial charge on any atom is -0.377 e. The van der Waals surface area contributed by atoms with Crippen molar-refractivity contribution >= 4 is 31.9 Å². The molecule has 1 aromatic carbocycles. The molecule has 2 bridgehead atoms. The van der Waals surface area contributed by atoms with Crippen LogP contribution < -0.4 is 0 Å². The number of rotatable bonds is 1. The fraction of sp³-hybridized carbons (Fsp3) is 0.231. The Hall–Kier alpha value is -0.420. The Balaban J connectivity index is 2.19. The molecule has 2 aliphatic rings. The highest BCUT2D eigenvalue weighted by molar-refractivity contribution is 9.14. The predicted octanol–water partition coefficient (Wildman–Crippen LogP) is 3.21. The smallest absolute Gasteiger partial charge is 0.152 e. The Bertz CT molecular complexity index is 509. The number of hydrogen-bond donors (Lipinski definition) is 1. The van der Waals surface area contributed by atoms with Gasteiger partial charge in [-0.3, -0.25) is 0 Å². The number of halogens is 2. The van der Waals surface area contributed by atoms with Gasteiger partial charge >= 0.3 is 0 Å². The lowest BCUT2D eigenvalue weighted by atomic mass is 9.87. The summed E-state index contributed by atoms with van der Waals surface area (Å²) in [6, 6.07) is 9.55. The first-order valence-corrected chi connectivity index (χ1v) is 6.90. The Labute approximate surface area is 116 Å². The molecule has 1 N–H and O–H groups in total. The standard InChI is InChI=1S/C13H10Br2O2/c14-11-9-6-7-10(17-9)13(16,12(11)15)8-4-2-1-3-5-8/h1-7,9-10,16H/t9-,10+,13?/m1/s1. The number of hydrogen-bond acceptors (Lipinski definition) is 2. The summed E-state index contributed by atoms with van der Waals surface area (Å²) in [5.41, 5.74) is -0.331. The molecular formula is C13H10Br2O2. The van der Waals surface area contributed by atoms with Crippen LogP contribution in [0.5, 0.6) is 0 Å². The van der Waals surface area contributed by atoms with E-state index in [4.69, 9.17) is 4.74 Å². The van der Waals surface area contributed by atoms with E-state index >= 15 is 0 Å². The average Bonchev–Trinajstić information content (AvgIpc) is 2.83. The van der Waals surface area contributed by atoms with Gasteiger partial charge in [0.15, 0.2) is 5.60 Å². The van der Waals surface area contributed by atoms with Crippen molar-refractivity contribution in [3.63, 3.8) is 0 Å². The minimum absolute atomic E-state index is 0.0848. The first kappa shape index (κ1) is 11.7. The lowest BCUT2D eigenvalue weighted by Gasteiger charge is -2.38. The third kappa shape index (κ3) is 1.58. The van der Waals surface area contributed by atoms with E-state index in [9.17, 15) is 5.11 Å². The van der Waals surface area contributed by atoms with Crippen molar-refractivity contribution in [2.24, 2.45) is 0 Å². The van der Waals surface area contributed by atoms with Gasteiger partial charge in [-0.2, -0.15) is 0 Å². The quantitative estimate of drug-likeness (QED) is 0.782. The maximum atomic E-state index is 11.0. The molecule has 2 nitrogen and oxygen atoms in total. The van der Waals surface area contributed by atoms with Gasteiger partial charge in [-0.05, 0) is 5.56 Å². The van der Waals surface area contributed by atoms with Crippen LogP contribution >= 0.6 is 31.9 Å². The van der Waals surface area contributed by atoms with E-state index in [0.29, 0.717) is 0 Å². The maximum Gasteiger partial charge on any atom is 0.152 e. The molecule has 0 aliphatic carbocycles. The topological polar surface area (TPSA) is 29.5 Å². The summed E-state index contributed by atoms with van der Waals surface area (Å²) in [6.07, 6.45) is 3.44. The van der Waals surface area contributed by atoms with Crippen LogP contribution in [-0.4, -0.2) is 17.3 Å². The lowest BCUT2D eigenvalue weighted by molar-refractivity contribution is -0.0729. The van der Waals surface area contributed by atoms with Crippen LogP contribution in [-0.2, 0) is 10.3 Å². The Kier molecular flexibility index (Phi) is 2.78. The molecule has 2 heterocycles. The number of aliphatic hydroxyl groups is 1. The van der Waals surface area contributed by atoms with Crippen molar-refractivity contribution < 1.29 is 9.84 Å². The number of ether oxygens (including phenoxy) is 1. The van der Waals surface area contributed by atoms with Gasteiger partial charge in [0.25, 0.3) is 0 Å². The van der Waals surface area contributed by atoms with Gasteiger partial charge in [0.05, 0.1) is 0 Å². The van der Waals surface area contributed by atoms with E-state index in [-0.39, 0.29) is 12.2 Å². The second-order valence-electron chi connectivity index (χ2n) is 4.16. The molecule has 0 saturated carbocycles. The van der Waals surface area contributed by atoms with Gasteiger partial charge in [-0.25, -0.2) is 0 Å². The van der Waals surface area contributed by atoms with Crippen molar-refractivity contribution in [2.45, 2.75) is 17.8 Å². The zero-order valence-corrected chi connectivity index (χ0v) is 12.0. The molecule has 4 heteroatoms. The molecule has 1 aromatic rings. The molecule has 88 valence electrons. The molecule has 0 radical (unpaired) electrons. The normalized spacial score (nSPS) is 35.5. The Morgan fingerprint density at radius 2 is 1.82 bits per heavy atom. The van der Waals surface area contributed by atoms with Crippen LogP contribution in [0, 0.1) is 0 Å². The molecule has 3 atom stereocenters. The maximum absolute atomic E-state index is 11.0. The Morgan fingerprint density at radius 1 is 1.12 bits per heavy atom. The van der Waals surface area contributed by atoms with E-state index < -0.39 is 5.60 Å². The van der Waals surface area contributed by atoms with E-state index in [1.165, 1.54) is 0 Å². The summed E-state index contributed by atoms with van der Waals surface area (Å²) in [5.74, 6) is 0. The van der Waals surface area contributed by atoms with Crippen LogP contribution in [0.3, 0.4) is 0 Å². The Morgan fingerprint density at radius 3 is 2.53 bits per heavy atom. The van der Waals surface area contributed by atoms with Crippen molar-refractivity contribution in [1.82, 2.24) is 0 Å². The molecule has 0 spiro atoms. The van der Waals surface area contributed by atoms with Crippen molar-refractivity contribution in [3.8, 4) is 0 Å². The minimum atomic E-state index is -1.15. The third-order valence-corrected chi connectivity index (χ3v) is 5.59. The van der Waals surface area contributed by atoms with Crippen molar-refractivity contribution in [3.05, 3.63) is 57.0 Å². The summed E-state index contributed by atoms with van der Waals surface area (Å²) < 4.78 is 7.33. The fourth-order valence-corrected chi connectivity index (χ4v) is 3.49. The fourth-order valence-electron chi connectivity index (χ4n) is 2.25.